The van der Waals surface area contributed by atoms with Gasteiger partial charge < -0.3 is 0 Å². The van der Waals surface area contributed by atoms with Crippen molar-refractivity contribution in [3.8, 4) is 16.9 Å². The highest BCUT2D eigenvalue weighted by Crippen LogP contribution is 2.38. The molecule has 2 unspecified atom stereocenters. The minimum absolute atomic E-state index is 0.165. The number of hydrogen-bond donors (Lipinski definition) is 1. The van der Waals surface area contributed by atoms with Gasteiger partial charge in [-0.25, -0.2) is 9.69 Å². The van der Waals surface area contributed by atoms with Crippen LogP contribution in [0.3, 0.4) is 0 Å². The standard InChI is InChI=1S/C30H34Cl2N4O/c1-19-28(30(37)34-35-17-23-8-5-9-24(23)18-35)33-36(27-15-14-25(31)16-26(27)32)29(19)22-12-10-21(11-13-22)20-6-3-2-4-7-20/h10-16,20,23-24H,2-9,17-18H2,1H3,(H,34,37). The van der Waals surface area contributed by atoms with Crippen molar-refractivity contribution in [2.24, 2.45) is 11.8 Å². The van der Waals surface area contributed by atoms with E-state index >= 15 is 0 Å². The highest BCUT2D eigenvalue weighted by atomic mass is 35.5. The Labute approximate surface area is 229 Å². The number of carbonyl (C=O) groups excluding carboxylic acids is 1. The molecule has 7 heteroatoms. The molecule has 3 fully saturated rings. The van der Waals surface area contributed by atoms with E-state index < -0.39 is 0 Å². The lowest BCUT2D eigenvalue weighted by Crippen LogP contribution is -2.41. The zero-order valence-electron chi connectivity index (χ0n) is 21.4. The Bertz CT molecular complexity index is 1280. The fourth-order valence-corrected chi connectivity index (χ4v) is 7.24. The van der Waals surface area contributed by atoms with Crippen LogP contribution in [0.4, 0.5) is 0 Å². The summed E-state index contributed by atoms with van der Waals surface area (Å²) in [5.41, 5.74) is 8.41. The number of rotatable bonds is 5. The third kappa shape index (κ3) is 4.94. The summed E-state index contributed by atoms with van der Waals surface area (Å²) in [5.74, 6) is 1.87. The Balaban J connectivity index is 1.35. The number of benzene rings is 2. The van der Waals surface area contributed by atoms with Crippen LogP contribution in [-0.4, -0.2) is 33.8 Å². The predicted molar refractivity (Wildman–Crippen MR) is 149 cm³/mol. The van der Waals surface area contributed by atoms with Gasteiger partial charge in [-0.2, -0.15) is 5.10 Å². The molecule has 0 radical (unpaired) electrons. The summed E-state index contributed by atoms with van der Waals surface area (Å²) in [6.07, 6.45) is 10.3. The third-order valence-electron chi connectivity index (χ3n) is 8.72. The topological polar surface area (TPSA) is 50.2 Å². The van der Waals surface area contributed by atoms with Crippen molar-refractivity contribution in [2.75, 3.05) is 13.1 Å². The molecule has 1 aromatic heterocycles. The first kappa shape index (κ1) is 25.0. The lowest BCUT2D eigenvalue weighted by atomic mass is 9.84. The number of nitrogens with zero attached hydrogens (tertiary/aromatic N) is 3. The maximum Gasteiger partial charge on any atom is 0.286 e. The second-order valence-electron chi connectivity index (χ2n) is 11.1. The van der Waals surface area contributed by atoms with Crippen molar-refractivity contribution < 1.29 is 4.79 Å². The molecule has 2 aliphatic carbocycles. The highest BCUT2D eigenvalue weighted by molar-refractivity contribution is 6.35. The molecule has 5 nitrogen and oxygen atoms in total. The molecule has 0 bridgehead atoms. The Morgan fingerprint density at radius 3 is 2.30 bits per heavy atom. The number of fused-ring (bicyclic) bond motifs is 1. The molecule has 0 spiro atoms. The van der Waals surface area contributed by atoms with Crippen LogP contribution in [0, 0.1) is 18.8 Å². The van der Waals surface area contributed by atoms with E-state index in [1.54, 1.807) is 16.8 Å². The van der Waals surface area contributed by atoms with Gasteiger partial charge in [0.1, 0.15) is 0 Å². The van der Waals surface area contributed by atoms with Gasteiger partial charge in [-0.1, -0.05) is 73.2 Å². The average molecular weight is 538 g/mol. The molecule has 3 aliphatic rings. The molecular weight excluding hydrogens is 503 g/mol. The van der Waals surface area contributed by atoms with Crippen molar-refractivity contribution in [2.45, 2.75) is 64.2 Å². The maximum atomic E-state index is 13.5. The van der Waals surface area contributed by atoms with Gasteiger partial charge in [0.05, 0.1) is 16.4 Å². The number of hydrogen-bond acceptors (Lipinski definition) is 3. The van der Waals surface area contributed by atoms with Crippen LogP contribution in [0.1, 0.15) is 78.9 Å². The molecule has 6 rings (SSSR count). The second kappa shape index (κ2) is 10.4. The molecule has 194 valence electrons. The predicted octanol–water partition coefficient (Wildman–Crippen LogP) is 7.58. The molecule has 2 atom stereocenters. The molecule has 1 aliphatic heterocycles. The van der Waals surface area contributed by atoms with Crippen LogP contribution in [0.5, 0.6) is 0 Å². The number of hydrazine groups is 1. The molecule has 2 saturated carbocycles. The van der Waals surface area contributed by atoms with E-state index in [1.165, 1.54) is 56.9 Å². The molecule has 1 amide bonds. The Kier molecular flexibility index (Phi) is 7.04. The van der Waals surface area contributed by atoms with Gasteiger partial charge in [0.15, 0.2) is 5.69 Å². The van der Waals surface area contributed by atoms with E-state index in [-0.39, 0.29) is 5.91 Å². The molecule has 1 N–H and O–H groups in total. The Morgan fingerprint density at radius 2 is 1.62 bits per heavy atom. The molecular formula is C30H34Cl2N4O. The SMILES string of the molecule is Cc1c(C(=O)NN2CC3CCCC3C2)nn(-c2ccc(Cl)cc2Cl)c1-c1ccc(C2CCCCC2)cc1. The lowest BCUT2D eigenvalue weighted by molar-refractivity contribution is 0.0808. The van der Waals surface area contributed by atoms with Crippen molar-refractivity contribution in [1.29, 1.82) is 0 Å². The Hall–Kier alpha value is -2.34. The Morgan fingerprint density at radius 1 is 0.919 bits per heavy atom. The van der Waals surface area contributed by atoms with Gasteiger partial charge in [-0.3, -0.25) is 10.2 Å². The largest absolute Gasteiger partial charge is 0.286 e. The minimum atomic E-state index is -0.165. The number of carbonyl (C=O) groups is 1. The van der Waals surface area contributed by atoms with Crippen LogP contribution in [0.15, 0.2) is 42.5 Å². The van der Waals surface area contributed by atoms with E-state index in [9.17, 15) is 4.79 Å². The van der Waals surface area contributed by atoms with E-state index in [1.807, 2.05) is 13.0 Å². The molecule has 2 heterocycles. The van der Waals surface area contributed by atoms with Crippen molar-refractivity contribution in [3.05, 3.63) is 69.3 Å². The van der Waals surface area contributed by atoms with Crippen molar-refractivity contribution >= 4 is 29.1 Å². The van der Waals surface area contributed by atoms with Crippen LogP contribution >= 0.6 is 23.2 Å². The number of amides is 1. The van der Waals surface area contributed by atoms with E-state index in [4.69, 9.17) is 28.3 Å². The summed E-state index contributed by atoms with van der Waals surface area (Å²) in [6, 6.07) is 14.2. The first-order valence-corrected chi connectivity index (χ1v) is 14.4. The van der Waals surface area contributed by atoms with E-state index in [2.05, 4.69) is 34.7 Å². The first-order valence-electron chi connectivity index (χ1n) is 13.7. The zero-order valence-corrected chi connectivity index (χ0v) is 22.9. The van der Waals surface area contributed by atoms with Gasteiger partial charge in [-0.05, 0) is 74.1 Å². The number of halogens is 2. The van der Waals surface area contributed by atoms with Gasteiger partial charge in [0.25, 0.3) is 5.91 Å². The normalized spacial score (nSPS) is 22.4. The molecule has 2 aromatic carbocycles. The summed E-state index contributed by atoms with van der Waals surface area (Å²) < 4.78 is 1.80. The van der Waals surface area contributed by atoms with Crippen molar-refractivity contribution in [1.82, 2.24) is 20.2 Å². The summed E-state index contributed by atoms with van der Waals surface area (Å²) in [7, 11) is 0. The summed E-state index contributed by atoms with van der Waals surface area (Å²) in [5, 5.41) is 7.97. The first-order chi connectivity index (χ1) is 18.0. The molecule has 3 aromatic rings. The van der Waals surface area contributed by atoms with Crippen LogP contribution < -0.4 is 5.43 Å². The second-order valence-corrected chi connectivity index (χ2v) is 11.9. The maximum absolute atomic E-state index is 13.5. The molecule has 1 saturated heterocycles. The number of aromatic nitrogens is 2. The minimum Gasteiger partial charge on any atom is -0.283 e. The van der Waals surface area contributed by atoms with Gasteiger partial charge >= 0.3 is 0 Å². The smallest absolute Gasteiger partial charge is 0.283 e. The fraction of sp³-hybridized carbons (Fsp3) is 0.467. The molecule has 37 heavy (non-hydrogen) atoms. The third-order valence-corrected chi connectivity index (χ3v) is 9.26. The summed E-state index contributed by atoms with van der Waals surface area (Å²) in [4.78, 5) is 13.5. The van der Waals surface area contributed by atoms with Crippen LogP contribution in [0.25, 0.3) is 16.9 Å². The zero-order chi connectivity index (χ0) is 25.5. The quantitative estimate of drug-likeness (QED) is 0.365. The van der Waals surface area contributed by atoms with Gasteiger partial charge in [0, 0.05) is 29.2 Å². The van der Waals surface area contributed by atoms with Crippen molar-refractivity contribution in [3.63, 3.8) is 0 Å². The van der Waals surface area contributed by atoms with Crippen LogP contribution in [0.2, 0.25) is 10.0 Å². The fourth-order valence-electron chi connectivity index (χ4n) is 6.75. The average Bonchev–Trinajstić information content (AvgIpc) is 3.58. The van der Waals surface area contributed by atoms with Crippen LogP contribution in [-0.2, 0) is 0 Å². The van der Waals surface area contributed by atoms with E-state index in [0.717, 1.165) is 29.9 Å². The van der Waals surface area contributed by atoms with Gasteiger partial charge in [-0.15, -0.1) is 0 Å². The highest BCUT2D eigenvalue weighted by Gasteiger charge is 2.37. The lowest BCUT2D eigenvalue weighted by Gasteiger charge is -2.22. The van der Waals surface area contributed by atoms with E-state index in [0.29, 0.717) is 39.2 Å². The number of nitrogens with one attached hydrogen (secondary N) is 1. The van der Waals surface area contributed by atoms with Gasteiger partial charge in [0.2, 0.25) is 0 Å². The summed E-state index contributed by atoms with van der Waals surface area (Å²) in [6.45, 7) is 3.83. The monoisotopic (exact) mass is 536 g/mol. The summed E-state index contributed by atoms with van der Waals surface area (Å²) >= 11 is 12.8.